The number of hydrogen-bond donors (Lipinski definition) is 1. The lowest BCUT2D eigenvalue weighted by Crippen LogP contribution is -2.35. The highest BCUT2D eigenvalue weighted by molar-refractivity contribution is 5.94. The van der Waals surface area contributed by atoms with Crippen molar-refractivity contribution in [2.75, 3.05) is 5.32 Å². The second kappa shape index (κ2) is 8.37. The van der Waals surface area contributed by atoms with Crippen LogP contribution in [0.25, 0.3) is 16.6 Å². The van der Waals surface area contributed by atoms with E-state index in [0.717, 1.165) is 5.69 Å². The fourth-order valence-electron chi connectivity index (χ4n) is 3.78. The third-order valence-corrected chi connectivity index (χ3v) is 5.56. The van der Waals surface area contributed by atoms with Gasteiger partial charge in [0, 0.05) is 5.69 Å². The van der Waals surface area contributed by atoms with E-state index in [4.69, 9.17) is 0 Å². The number of hydrogen-bond acceptors (Lipinski definition) is 4. The van der Waals surface area contributed by atoms with E-state index in [1.165, 1.54) is 10.7 Å². The van der Waals surface area contributed by atoms with Crippen molar-refractivity contribution in [3.8, 4) is 5.69 Å². The topological polar surface area (TPSA) is 81.8 Å². The molecule has 4 aromatic rings. The van der Waals surface area contributed by atoms with E-state index < -0.39 is 17.8 Å². The molecular formula is C24H24FN5O2. The Morgan fingerprint density at radius 3 is 2.47 bits per heavy atom. The van der Waals surface area contributed by atoms with E-state index in [1.807, 2.05) is 37.3 Å². The van der Waals surface area contributed by atoms with Gasteiger partial charge in [-0.05, 0) is 57.0 Å². The van der Waals surface area contributed by atoms with Crippen LogP contribution in [0, 0.1) is 26.6 Å². The number of carbonyl (C=O) groups excluding carboxylic acids is 1. The Kier molecular flexibility index (Phi) is 5.61. The zero-order chi connectivity index (χ0) is 23.0. The SMILES string of the molecule is CCC(C(=O)Nc1ccc(C)c(F)c1)n1nc(C)c2nn(-c3ccccc3)c(C)c2c1=O. The van der Waals surface area contributed by atoms with Crippen molar-refractivity contribution in [1.82, 2.24) is 19.6 Å². The Morgan fingerprint density at radius 2 is 1.81 bits per heavy atom. The van der Waals surface area contributed by atoms with Gasteiger partial charge in [-0.1, -0.05) is 31.2 Å². The number of fused-ring (bicyclic) bond motifs is 1. The second-order valence-electron chi connectivity index (χ2n) is 7.77. The number of rotatable bonds is 5. The molecule has 0 spiro atoms. The number of amides is 1. The largest absolute Gasteiger partial charge is 0.324 e. The van der Waals surface area contributed by atoms with Crippen LogP contribution in [-0.2, 0) is 4.79 Å². The molecule has 0 radical (unpaired) electrons. The number of halogens is 1. The van der Waals surface area contributed by atoms with Crippen LogP contribution in [0.4, 0.5) is 10.1 Å². The summed E-state index contributed by atoms with van der Waals surface area (Å²) in [4.78, 5) is 26.4. The summed E-state index contributed by atoms with van der Waals surface area (Å²) in [6, 6.07) is 13.1. The van der Waals surface area contributed by atoms with E-state index in [2.05, 4.69) is 15.5 Å². The molecule has 7 nitrogen and oxygen atoms in total. The summed E-state index contributed by atoms with van der Waals surface area (Å²) in [6.45, 7) is 7.03. The van der Waals surface area contributed by atoms with Crippen LogP contribution in [0.2, 0.25) is 0 Å². The highest BCUT2D eigenvalue weighted by atomic mass is 19.1. The molecule has 1 unspecified atom stereocenters. The van der Waals surface area contributed by atoms with Gasteiger partial charge in [0.05, 0.1) is 22.5 Å². The van der Waals surface area contributed by atoms with Gasteiger partial charge in [0.15, 0.2) is 0 Å². The Morgan fingerprint density at radius 1 is 1.09 bits per heavy atom. The first kappa shape index (κ1) is 21.4. The van der Waals surface area contributed by atoms with Gasteiger partial charge in [-0.25, -0.2) is 13.8 Å². The molecule has 164 valence electrons. The molecule has 4 rings (SSSR count). The molecule has 32 heavy (non-hydrogen) atoms. The molecule has 0 aliphatic rings. The van der Waals surface area contributed by atoms with E-state index in [1.54, 1.807) is 37.6 Å². The Hall–Kier alpha value is -3.81. The number of aryl methyl sites for hydroxylation is 3. The van der Waals surface area contributed by atoms with E-state index in [9.17, 15) is 14.0 Å². The second-order valence-corrected chi connectivity index (χ2v) is 7.77. The molecule has 1 N–H and O–H groups in total. The molecule has 0 saturated heterocycles. The number of aromatic nitrogens is 4. The van der Waals surface area contributed by atoms with Gasteiger partial charge in [0.25, 0.3) is 5.56 Å². The standard InChI is InChI=1S/C24H24FN5O2/c1-5-20(23(31)26-17-12-11-14(2)19(25)13-17)30-24(32)21-16(4)29(18-9-7-6-8-10-18)28-22(21)15(3)27-30/h6-13,20H,5H2,1-4H3,(H,26,31). The van der Waals surface area contributed by atoms with E-state index >= 15 is 0 Å². The summed E-state index contributed by atoms with van der Waals surface area (Å²) in [5.41, 5.74) is 2.98. The summed E-state index contributed by atoms with van der Waals surface area (Å²) in [6.07, 6.45) is 0.337. The molecule has 2 heterocycles. The molecule has 1 amide bonds. The maximum Gasteiger partial charge on any atom is 0.278 e. The Bertz CT molecular complexity index is 1370. The first-order chi connectivity index (χ1) is 15.3. The van der Waals surface area contributed by atoms with Crippen LogP contribution in [0.5, 0.6) is 0 Å². The average Bonchev–Trinajstić information content (AvgIpc) is 3.13. The van der Waals surface area contributed by atoms with Gasteiger partial charge in [-0.15, -0.1) is 0 Å². The third kappa shape index (κ3) is 3.68. The van der Waals surface area contributed by atoms with Gasteiger partial charge >= 0.3 is 0 Å². The lowest BCUT2D eigenvalue weighted by molar-refractivity contribution is -0.119. The van der Waals surface area contributed by atoms with Crippen molar-refractivity contribution in [1.29, 1.82) is 0 Å². The van der Waals surface area contributed by atoms with Crippen molar-refractivity contribution >= 4 is 22.5 Å². The first-order valence-corrected chi connectivity index (χ1v) is 10.4. The molecular weight excluding hydrogens is 409 g/mol. The molecule has 1 atom stereocenters. The zero-order valence-corrected chi connectivity index (χ0v) is 18.4. The maximum absolute atomic E-state index is 13.9. The van der Waals surface area contributed by atoms with Crippen molar-refractivity contribution in [2.24, 2.45) is 0 Å². The molecule has 0 saturated carbocycles. The highest BCUT2D eigenvalue weighted by Crippen LogP contribution is 2.22. The average molecular weight is 433 g/mol. The minimum Gasteiger partial charge on any atom is -0.324 e. The van der Waals surface area contributed by atoms with Crippen molar-refractivity contribution in [3.63, 3.8) is 0 Å². The molecule has 0 aliphatic heterocycles. The fourth-order valence-corrected chi connectivity index (χ4v) is 3.78. The molecule has 8 heteroatoms. The monoisotopic (exact) mass is 433 g/mol. The first-order valence-electron chi connectivity index (χ1n) is 10.4. The van der Waals surface area contributed by atoms with Gasteiger partial charge < -0.3 is 5.32 Å². The molecule has 2 aromatic heterocycles. The molecule has 2 aromatic carbocycles. The molecule has 0 aliphatic carbocycles. The van der Waals surface area contributed by atoms with Crippen molar-refractivity contribution < 1.29 is 9.18 Å². The van der Waals surface area contributed by atoms with Gasteiger partial charge in [0.2, 0.25) is 5.91 Å². The predicted octanol–water partition coefficient (Wildman–Crippen LogP) is 4.24. The number of benzene rings is 2. The third-order valence-electron chi connectivity index (χ3n) is 5.56. The van der Waals surface area contributed by atoms with Crippen LogP contribution in [-0.4, -0.2) is 25.5 Å². The smallest absolute Gasteiger partial charge is 0.278 e. The summed E-state index contributed by atoms with van der Waals surface area (Å²) < 4.78 is 16.8. The van der Waals surface area contributed by atoms with Crippen LogP contribution < -0.4 is 10.9 Å². The van der Waals surface area contributed by atoms with Gasteiger partial charge in [-0.3, -0.25) is 9.59 Å². The summed E-state index contributed by atoms with van der Waals surface area (Å²) in [7, 11) is 0. The van der Waals surface area contributed by atoms with Crippen LogP contribution in [0.15, 0.2) is 53.3 Å². The number of anilines is 1. The number of nitrogens with zero attached hydrogens (tertiary/aromatic N) is 4. The van der Waals surface area contributed by atoms with Crippen LogP contribution in [0.1, 0.15) is 36.3 Å². The molecule has 0 bridgehead atoms. The Labute approximate surface area is 184 Å². The lowest BCUT2D eigenvalue weighted by Gasteiger charge is -2.17. The molecule has 0 fully saturated rings. The van der Waals surface area contributed by atoms with Crippen LogP contribution in [0.3, 0.4) is 0 Å². The number of para-hydroxylation sites is 1. The van der Waals surface area contributed by atoms with Crippen LogP contribution >= 0.6 is 0 Å². The zero-order valence-electron chi connectivity index (χ0n) is 18.4. The minimum atomic E-state index is -0.852. The maximum atomic E-state index is 13.9. The predicted molar refractivity (Wildman–Crippen MR) is 122 cm³/mol. The Balaban J connectivity index is 1.78. The quantitative estimate of drug-likeness (QED) is 0.511. The highest BCUT2D eigenvalue weighted by Gasteiger charge is 2.25. The van der Waals surface area contributed by atoms with Gasteiger partial charge in [0.1, 0.15) is 17.4 Å². The summed E-state index contributed by atoms with van der Waals surface area (Å²) in [5.74, 6) is -0.843. The van der Waals surface area contributed by atoms with Crippen molar-refractivity contribution in [3.05, 3.63) is 81.7 Å². The lowest BCUT2D eigenvalue weighted by atomic mass is 10.1. The number of nitrogens with one attached hydrogen (secondary N) is 1. The number of carbonyl (C=O) groups is 1. The minimum absolute atomic E-state index is 0.329. The summed E-state index contributed by atoms with van der Waals surface area (Å²) in [5, 5.41) is 12.1. The van der Waals surface area contributed by atoms with E-state index in [0.29, 0.717) is 40.0 Å². The van der Waals surface area contributed by atoms with E-state index in [-0.39, 0.29) is 5.56 Å². The van der Waals surface area contributed by atoms with Crippen molar-refractivity contribution in [2.45, 2.75) is 40.2 Å². The van der Waals surface area contributed by atoms with Gasteiger partial charge in [-0.2, -0.15) is 10.2 Å². The normalized spacial score (nSPS) is 12.2. The fraction of sp³-hybridized carbons (Fsp3) is 0.250. The summed E-state index contributed by atoms with van der Waals surface area (Å²) >= 11 is 0.